The van der Waals surface area contributed by atoms with Crippen LogP contribution in [0.25, 0.3) is 10.3 Å². The van der Waals surface area contributed by atoms with E-state index in [0.29, 0.717) is 58.3 Å². The van der Waals surface area contributed by atoms with Crippen LogP contribution in [0.1, 0.15) is 63.4 Å². The topological polar surface area (TPSA) is 133 Å². The van der Waals surface area contributed by atoms with E-state index in [-0.39, 0.29) is 23.7 Å². The minimum atomic E-state index is -1.10. The van der Waals surface area contributed by atoms with Crippen molar-refractivity contribution in [3.05, 3.63) is 22.8 Å². The van der Waals surface area contributed by atoms with E-state index in [0.717, 1.165) is 24.8 Å². The van der Waals surface area contributed by atoms with Crippen LogP contribution < -0.4 is 15.5 Å². The van der Waals surface area contributed by atoms with E-state index in [4.69, 9.17) is 11.6 Å². The summed E-state index contributed by atoms with van der Waals surface area (Å²) in [6.07, 6.45) is 5.13. The molecule has 1 fully saturated rings. The molecule has 12 heteroatoms. The van der Waals surface area contributed by atoms with Crippen LogP contribution in [0, 0.1) is 0 Å². The lowest BCUT2D eigenvalue weighted by atomic mass is 9.97. The SMILES string of the molecule is CCC1=C(Cl)N=C(C(=O)N[C@@H]2CCN(c3nc4ncnc(C(=O)O)c4s3)C[C@@H]2NC(CC)CC)C1. The number of nitrogens with zero attached hydrogens (tertiary/aromatic N) is 5. The van der Waals surface area contributed by atoms with E-state index in [9.17, 15) is 14.7 Å². The fourth-order valence-corrected chi connectivity index (χ4v) is 5.83. The molecular formula is C23H30ClN7O3S. The van der Waals surface area contributed by atoms with Gasteiger partial charge in [-0.15, -0.1) is 0 Å². The molecule has 2 aromatic rings. The van der Waals surface area contributed by atoms with Crippen LogP contribution in [0.5, 0.6) is 0 Å². The summed E-state index contributed by atoms with van der Waals surface area (Å²) in [5.41, 5.74) is 1.79. The molecule has 0 aromatic carbocycles. The first-order valence-electron chi connectivity index (χ1n) is 12.0. The maximum atomic E-state index is 13.0. The molecule has 188 valence electrons. The zero-order valence-electron chi connectivity index (χ0n) is 20.0. The van der Waals surface area contributed by atoms with Gasteiger partial charge in [0.15, 0.2) is 16.5 Å². The van der Waals surface area contributed by atoms with Crippen molar-refractivity contribution in [1.82, 2.24) is 25.6 Å². The smallest absolute Gasteiger partial charge is 0.356 e. The third kappa shape index (κ3) is 5.46. The van der Waals surface area contributed by atoms with Gasteiger partial charge >= 0.3 is 5.97 Å². The lowest BCUT2D eigenvalue weighted by molar-refractivity contribution is -0.115. The number of allylic oxidation sites excluding steroid dienone is 1. The van der Waals surface area contributed by atoms with Crippen molar-refractivity contribution in [2.75, 3.05) is 18.0 Å². The Bertz CT molecular complexity index is 1180. The highest BCUT2D eigenvalue weighted by Crippen LogP contribution is 2.31. The number of carbonyl (C=O) groups excluding carboxylic acids is 1. The highest BCUT2D eigenvalue weighted by Gasteiger charge is 2.34. The molecule has 1 amide bonds. The molecule has 2 aliphatic heterocycles. The van der Waals surface area contributed by atoms with E-state index in [1.807, 2.05) is 6.92 Å². The molecule has 0 unspecified atom stereocenters. The number of amides is 1. The molecule has 4 heterocycles. The molecular weight excluding hydrogens is 490 g/mol. The Morgan fingerprint density at radius 2 is 2.03 bits per heavy atom. The number of carboxylic acid groups (broad SMARTS) is 1. The Balaban J connectivity index is 1.52. The van der Waals surface area contributed by atoms with Gasteiger partial charge in [-0.25, -0.2) is 19.8 Å². The van der Waals surface area contributed by atoms with Crippen molar-refractivity contribution < 1.29 is 14.7 Å². The maximum absolute atomic E-state index is 13.0. The molecule has 3 N–H and O–H groups in total. The second kappa shape index (κ2) is 11.0. The fourth-order valence-electron chi connectivity index (χ4n) is 4.49. The molecule has 0 bridgehead atoms. The minimum absolute atomic E-state index is 0.0225. The van der Waals surface area contributed by atoms with Gasteiger partial charge in [0.2, 0.25) is 0 Å². The number of carbonyl (C=O) groups is 2. The van der Waals surface area contributed by atoms with E-state index in [1.165, 1.54) is 17.7 Å². The number of aromatic nitrogens is 3. The number of fused-ring (bicyclic) bond motifs is 1. The Hall–Kier alpha value is -2.63. The zero-order chi connectivity index (χ0) is 25.1. The van der Waals surface area contributed by atoms with Crippen molar-refractivity contribution in [3.63, 3.8) is 0 Å². The van der Waals surface area contributed by atoms with E-state index in [1.54, 1.807) is 0 Å². The number of piperidine rings is 1. The van der Waals surface area contributed by atoms with E-state index >= 15 is 0 Å². The Labute approximate surface area is 212 Å². The number of hydrogen-bond acceptors (Lipinski definition) is 9. The van der Waals surface area contributed by atoms with Crippen molar-refractivity contribution in [1.29, 1.82) is 0 Å². The normalized spacial score (nSPS) is 20.6. The minimum Gasteiger partial charge on any atom is -0.476 e. The van der Waals surface area contributed by atoms with Gasteiger partial charge in [0.25, 0.3) is 5.91 Å². The average molecular weight is 520 g/mol. The number of aromatic carboxylic acids is 1. The number of anilines is 1. The maximum Gasteiger partial charge on any atom is 0.356 e. The molecule has 2 aliphatic rings. The van der Waals surface area contributed by atoms with Crippen molar-refractivity contribution in [3.8, 4) is 0 Å². The second-order valence-electron chi connectivity index (χ2n) is 8.76. The number of aliphatic imine (C=N–C) groups is 1. The highest BCUT2D eigenvalue weighted by atomic mass is 35.5. The molecule has 4 rings (SSSR count). The first-order valence-corrected chi connectivity index (χ1v) is 13.2. The Morgan fingerprint density at radius 1 is 1.26 bits per heavy atom. The standard InChI is InChI=1S/C23H30ClN7O3S/c1-4-12-9-15(28-19(12)24)21(32)29-14-7-8-31(10-16(14)27-13(5-2)6-3)23-30-20-18(35-23)17(22(33)34)25-11-26-20/h11,13-14,16,27H,4-10H2,1-3H3,(H,29,32)(H,33,34)/t14-,16+/m1/s1. The first-order chi connectivity index (χ1) is 16.8. The van der Waals surface area contributed by atoms with Crippen LogP contribution in [-0.2, 0) is 4.79 Å². The zero-order valence-corrected chi connectivity index (χ0v) is 21.6. The van der Waals surface area contributed by atoms with Gasteiger partial charge in [0, 0.05) is 37.6 Å². The third-order valence-electron chi connectivity index (χ3n) is 6.61. The molecule has 0 aliphatic carbocycles. The second-order valence-corrected chi connectivity index (χ2v) is 10.1. The van der Waals surface area contributed by atoms with Crippen molar-refractivity contribution in [2.24, 2.45) is 4.99 Å². The van der Waals surface area contributed by atoms with Gasteiger partial charge in [-0.3, -0.25) is 4.79 Å². The summed E-state index contributed by atoms with van der Waals surface area (Å²) in [5.74, 6) is -1.28. The van der Waals surface area contributed by atoms with Crippen LogP contribution in [0.3, 0.4) is 0 Å². The summed E-state index contributed by atoms with van der Waals surface area (Å²) < 4.78 is 0.463. The molecule has 10 nitrogen and oxygen atoms in total. The van der Waals surface area contributed by atoms with Gasteiger partial charge in [0.05, 0.1) is 0 Å². The van der Waals surface area contributed by atoms with E-state index in [2.05, 4.69) is 49.3 Å². The van der Waals surface area contributed by atoms with Crippen molar-refractivity contribution in [2.45, 2.75) is 71.0 Å². The summed E-state index contributed by atoms with van der Waals surface area (Å²) in [7, 11) is 0. The highest BCUT2D eigenvalue weighted by molar-refractivity contribution is 7.22. The Morgan fingerprint density at radius 3 is 2.69 bits per heavy atom. The average Bonchev–Trinajstić information content (AvgIpc) is 3.46. The van der Waals surface area contributed by atoms with Crippen LogP contribution in [0.15, 0.2) is 22.0 Å². The molecule has 0 spiro atoms. The molecule has 35 heavy (non-hydrogen) atoms. The van der Waals surface area contributed by atoms with Gasteiger partial charge in [-0.1, -0.05) is 43.7 Å². The van der Waals surface area contributed by atoms with E-state index < -0.39 is 5.97 Å². The summed E-state index contributed by atoms with van der Waals surface area (Å²) in [6, 6.07) is 0.201. The largest absolute Gasteiger partial charge is 0.476 e. The summed E-state index contributed by atoms with van der Waals surface area (Å²) >= 11 is 7.47. The lowest BCUT2D eigenvalue weighted by Crippen LogP contribution is -2.61. The molecule has 0 saturated carbocycles. The number of halogens is 1. The number of rotatable bonds is 9. The number of hydrogen-bond donors (Lipinski definition) is 3. The predicted octanol–water partition coefficient (Wildman–Crippen LogP) is 3.33. The Kier molecular flexibility index (Phi) is 7.98. The molecule has 2 atom stereocenters. The van der Waals surface area contributed by atoms with Crippen LogP contribution in [0.4, 0.5) is 5.13 Å². The number of nitrogens with one attached hydrogen (secondary N) is 2. The monoisotopic (exact) mass is 519 g/mol. The third-order valence-corrected chi connectivity index (χ3v) is 8.08. The van der Waals surface area contributed by atoms with Gasteiger partial charge in [0.1, 0.15) is 21.9 Å². The van der Waals surface area contributed by atoms with Crippen LogP contribution in [-0.4, -0.2) is 68.9 Å². The quantitative estimate of drug-likeness (QED) is 0.430. The van der Waals surface area contributed by atoms with Gasteiger partial charge in [-0.05, 0) is 31.3 Å². The summed E-state index contributed by atoms with van der Waals surface area (Å²) in [5, 5.41) is 17.5. The molecule has 1 saturated heterocycles. The lowest BCUT2D eigenvalue weighted by Gasteiger charge is -2.40. The van der Waals surface area contributed by atoms with Crippen molar-refractivity contribution >= 4 is 56.0 Å². The van der Waals surface area contributed by atoms with Crippen LogP contribution >= 0.6 is 22.9 Å². The number of carboxylic acids is 1. The summed E-state index contributed by atoms with van der Waals surface area (Å²) in [6.45, 7) is 7.56. The summed E-state index contributed by atoms with van der Waals surface area (Å²) in [4.78, 5) is 43.6. The number of thiazole rings is 1. The molecule has 2 aromatic heterocycles. The molecule has 0 radical (unpaired) electrons. The fraction of sp³-hybridized carbons (Fsp3) is 0.565. The predicted molar refractivity (Wildman–Crippen MR) is 137 cm³/mol. The first kappa shape index (κ1) is 25.5. The van der Waals surface area contributed by atoms with Gasteiger partial charge < -0.3 is 20.6 Å². The van der Waals surface area contributed by atoms with Gasteiger partial charge in [-0.2, -0.15) is 4.98 Å². The van der Waals surface area contributed by atoms with Crippen LogP contribution in [0.2, 0.25) is 0 Å².